The lowest BCUT2D eigenvalue weighted by atomic mass is 10.0. The first kappa shape index (κ1) is 13.7. The van der Waals surface area contributed by atoms with Crippen LogP contribution in [0, 0.1) is 18.6 Å². The van der Waals surface area contributed by atoms with Gasteiger partial charge in [-0.3, -0.25) is 0 Å². The third kappa shape index (κ3) is 3.18. The Morgan fingerprint density at radius 2 is 1.84 bits per heavy atom. The number of hydrogen-bond donors (Lipinski definition) is 1. The molecule has 0 bridgehead atoms. The van der Waals surface area contributed by atoms with E-state index in [9.17, 15) is 8.78 Å². The lowest BCUT2D eigenvalue weighted by Gasteiger charge is -2.08. The summed E-state index contributed by atoms with van der Waals surface area (Å²) in [4.78, 5) is 0. The zero-order chi connectivity index (χ0) is 13.8. The van der Waals surface area contributed by atoms with Gasteiger partial charge in [-0.05, 0) is 48.4 Å². The standard InChI is InChI=1S/C16H17F2N/c1-3-19-10-12-5-4-6-13(8-12)14-9-15(17)11(2)7-16(14)18/h4-9,19H,3,10H2,1-2H3. The summed E-state index contributed by atoms with van der Waals surface area (Å²) in [7, 11) is 0. The third-order valence-corrected chi connectivity index (χ3v) is 3.07. The normalized spacial score (nSPS) is 10.7. The van der Waals surface area contributed by atoms with Crippen molar-refractivity contribution in [1.29, 1.82) is 0 Å². The summed E-state index contributed by atoms with van der Waals surface area (Å²) in [5, 5.41) is 3.21. The summed E-state index contributed by atoms with van der Waals surface area (Å²) in [5.41, 5.74) is 2.39. The Bertz CT molecular complexity index is 579. The van der Waals surface area contributed by atoms with Crippen molar-refractivity contribution >= 4 is 0 Å². The van der Waals surface area contributed by atoms with E-state index in [1.54, 1.807) is 13.0 Å². The molecular weight excluding hydrogens is 244 g/mol. The Kier molecular flexibility index (Phi) is 4.27. The average Bonchev–Trinajstić information content (AvgIpc) is 2.41. The van der Waals surface area contributed by atoms with E-state index < -0.39 is 0 Å². The van der Waals surface area contributed by atoms with Crippen LogP contribution in [0.25, 0.3) is 11.1 Å². The van der Waals surface area contributed by atoms with Gasteiger partial charge < -0.3 is 5.32 Å². The van der Waals surface area contributed by atoms with Crippen molar-refractivity contribution in [3.05, 3.63) is 59.2 Å². The molecule has 0 heterocycles. The second-order valence-electron chi connectivity index (χ2n) is 4.56. The van der Waals surface area contributed by atoms with Crippen LogP contribution in [0.2, 0.25) is 0 Å². The van der Waals surface area contributed by atoms with Crippen molar-refractivity contribution in [3.63, 3.8) is 0 Å². The topological polar surface area (TPSA) is 12.0 Å². The number of benzene rings is 2. The van der Waals surface area contributed by atoms with E-state index in [0.717, 1.165) is 18.7 Å². The van der Waals surface area contributed by atoms with Crippen molar-refractivity contribution in [2.45, 2.75) is 20.4 Å². The molecule has 0 aliphatic carbocycles. The molecule has 19 heavy (non-hydrogen) atoms. The van der Waals surface area contributed by atoms with Crippen molar-refractivity contribution in [2.24, 2.45) is 0 Å². The minimum absolute atomic E-state index is 0.307. The fraction of sp³-hybridized carbons (Fsp3) is 0.250. The molecule has 100 valence electrons. The molecule has 0 unspecified atom stereocenters. The molecule has 0 saturated carbocycles. The number of hydrogen-bond acceptors (Lipinski definition) is 1. The second kappa shape index (κ2) is 5.93. The molecule has 0 fully saturated rings. The average molecular weight is 261 g/mol. The molecule has 0 amide bonds. The van der Waals surface area contributed by atoms with Gasteiger partial charge in [0.2, 0.25) is 0 Å². The number of halogens is 2. The molecule has 1 N–H and O–H groups in total. The third-order valence-electron chi connectivity index (χ3n) is 3.07. The second-order valence-corrected chi connectivity index (χ2v) is 4.56. The van der Waals surface area contributed by atoms with Crippen LogP contribution in [-0.4, -0.2) is 6.54 Å². The van der Waals surface area contributed by atoms with Crippen LogP contribution in [0.1, 0.15) is 18.1 Å². The Labute approximate surface area is 112 Å². The highest BCUT2D eigenvalue weighted by Gasteiger charge is 2.09. The van der Waals surface area contributed by atoms with Gasteiger partial charge in [0.05, 0.1) is 0 Å². The zero-order valence-electron chi connectivity index (χ0n) is 11.1. The van der Waals surface area contributed by atoms with Gasteiger partial charge in [-0.25, -0.2) is 8.78 Å². The zero-order valence-corrected chi connectivity index (χ0v) is 11.1. The largest absolute Gasteiger partial charge is 0.313 e. The van der Waals surface area contributed by atoms with E-state index in [2.05, 4.69) is 5.32 Å². The highest BCUT2D eigenvalue weighted by molar-refractivity contribution is 5.65. The predicted molar refractivity (Wildman–Crippen MR) is 73.9 cm³/mol. The molecule has 0 aliphatic rings. The number of rotatable bonds is 4. The van der Waals surface area contributed by atoms with E-state index in [1.807, 2.05) is 25.1 Å². The molecule has 2 aromatic rings. The van der Waals surface area contributed by atoms with Gasteiger partial charge in [0, 0.05) is 12.1 Å². The van der Waals surface area contributed by atoms with E-state index >= 15 is 0 Å². The summed E-state index contributed by atoms with van der Waals surface area (Å²) in [5.74, 6) is -0.770. The highest BCUT2D eigenvalue weighted by atomic mass is 19.1. The maximum Gasteiger partial charge on any atom is 0.131 e. The van der Waals surface area contributed by atoms with Crippen LogP contribution >= 0.6 is 0 Å². The lowest BCUT2D eigenvalue weighted by Crippen LogP contribution is -2.11. The van der Waals surface area contributed by atoms with Crippen molar-refractivity contribution in [2.75, 3.05) is 6.54 Å². The molecule has 0 aromatic heterocycles. The van der Waals surface area contributed by atoms with Crippen LogP contribution in [0.15, 0.2) is 36.4 Å². The number of nitrogens with one attached hydrogen (secondary N) is 1. The lowest BCUT2D eigenvalue weighted by molar-refractivity contribution is 0.595. The van der Waals surface area contributed by atoms with Crippen LogP contribution in [-0.2, 0) is 6.54 Å². The first-order valence-electron chi connectivity index (χ1n) is 6.37. The van der Waals surface area contributed by atoms with Gasteiger partial charge in [0.15, 0.2) is 0 Å². The quantitative estimate of drug-likeness (QED) is 0.875. The van der Waals surface area contributed by atoms with Crippen LogP contribution < -0.4 is 5.32 Å². The molecule has 3 heteroatoms. The van der Waals surface area contributed by atoms with Crippen LogP contribution in [0.5, 0.6) is 0 Å². The summed E-state index contributed by atoms with van der Waals surface area (Å²) >= 11 is 0. The molecule has 0 saturated heterocycles. The molecule has 2 rings (SSSR count). The van der Waals surface area contributed by atoms with E-state index in [1.165, 1.54) is 12.1 Å². The van der Waals surface area contributed by atoms with Gasteiger partial charge in [-0.1, -0.05) is 25.1 Å². The molecule has 0 aliphatic heterocycles. The van der Waals surface area contributed by atoms with Crippen LogP contribution in [0.4, 0.5) is 8.78 Å². The van der Waals surface area contributed by atoms with Gasteiger partial charge >= 0.3 is 0 Å². The maximum atomic E-state index is 13.9. The Hall–Kier alpha value is -1.74. The maximum absolute atomic E-state index is 13.9. The van der Waals surface area contributed by atoms with Crippen molar-refractivity contribution < 1.29 is 8.78 Å². The fourth-order valence-corrected chi connectivity index (χ4v) is 1.99. The van der Waals surface area contributed by atoms with E-state index in [4.69, 9.17) is 0 Å². The molecule has 0 radical (unpaired) electrons. The van der Waals surface area contributed by atoms with Gasteiger partial charge in [-0.2, -0.15) is 0 Å². The smallest absolute Gasteiger partial charge is 0.131 e. The van der Waals surface area contributed by atoms with Crippen molar-refractivity contribution in [1.82, 2.24) is 5.32 Å². The first-order valence-corrected chi connectivity index (χ1v) is 6.37. The van der Waals surface area contributed by atoms with Gasteiger partial charge in [0.25, 0.3) is 0 Å². The monoisotopic (exact) mass is 261 g/mol. The fourth-order valence-electron chi connectivity index (χ4n) is 1.99. The van der Waals surface area contributed by atoms with E-state index in [0.29, 0.717) is 16.7 Å². The van der Waals surface area contributed by atoms with Gasteiger partial charge in [-0.15, -0.1) is 0 Å². The number of aryl methyl sites for hydroxylation is 1. The predicted octanol–water partition coefficient (Wildman–Crippen LogP) is 4.05. The molecule has 1 nitrogen and oxygen atoms in total. The molecule has 0 atom stereocenters. The molecule has 0 spiro atoms. The minimum atomic E-state index is -0.389. The SMILES string of the molecule is CCNCc1cccc(-c2cc(F)c(C)cc2F)c1. The Balaban J connectivity index is 2.38. The summed E-state index contributed by atoms with van der Waals surface area (Å²) in [6, 6.07) is 10.0. The first-order chi connectivity index (χ1) is 9.11. The molecular formula is C16H17F2N. The molecule has 2 aromatic carbocycles. The summed E-state index contributed by atoms with van der Waals surface area (Å²) < 4.78 is 27.5. The van der Waals surface area contributed by atoms with Crippen LogP contribution in [0.3, 0.4) is 0 Å². The minimum Gasteiger partial charge on any atom is -0.313 e. The Morgan fingerprint density at radius 3 is 2.58 bits per heavy atom. The highest BCUT2D eigenvalue weighted by Crippen LogP contribution is 2.26. The summed E-state index contributed by atoms with van der Waals surface area (Å²) in [6.45, 7) is 5.18. The summed E-state index contributed by atoms with van der Waals surface area (Å²) in [6.07, 6.45) is 0. The van der Waals surface area contributed by atoms with Crippen molar-refractivity contribution in [3.8, 4) is 11.1 Å². The van der Waals surface area contributed by atoms with E-state index in [-0.39, 0.29) is 11.6 Å². The Morgan fingerprint density at radius 1 is 1.05 bits per heavy atom. The van der Waals surface area contributed by atoms with Gasteiger partial charge in [0.1, 0.15) is 11.6 Å².